The largest absolute Gasteiger partial charge is 0.459 e. The minimum absolute atomic E-state index is 0.0231. The normalized spacial score (nSPS) is 19.4. The number of hydrogen-bond acceptors (Lipinski definition) is 11. The summed E-state index contributed by atoms with van der Waals surface area (Å²) in [7, 11) is 0. The number of halogens is 1. The molecule has 0 amide bonds. The number of benzene rings is 3. The molecule has 1 aliphatic heterocycles. The second kappa shape index (κ2) is 12.5. The van der Waals surface area contributed by atoms with Crippen LogP contribution in [0.15, 0.2) is 97.3 Å². The highest BCUT2D eigenvalue weighted by atomic mass is 35.5. The molecule has 44 heavy (non-hydrogen) atoms. The smallest absolute Gasteiger partial charge is 0.338 e. The van der Waals surface area contributed by atoms with E-state index in [1.807, 2.05) is 0 Å². The zero-order valence-corrected chi connectivity index (χ0v) is 23.6. The van der Waals surface area contributed by atoms with Crippen LogP contribution in [-0.2, 0) is 18.9 Å². The predicted octanol–water partition coefficient (Wildman–Crippen LogP) is 4.27. The molecule has 3 aromatic carbocycles. The van der Waals surface area contributed by atoms with Crippen molar-refractivity contribution in [2.75, 3.05) is 12.3 Å². The number of aromatic nitrogens is 4. The van der Waals surface area contributed by atoms with Crippen molar-refractivity contribution in [2.45, 2.75) is 24.5 Å². The Bertz CT molecular complexity index is 1800. The summed E-state index contributed by atoms with van der Waals surface area (Å²) in [4.78, 5) is 51.9. The molecule has 6 rings (SSSR count). The van der Waals surface area contributed by atoms with Gasteiger partial charge in [-0.25, -0.2) is 19.4 Å². The first-order chi connectivity index (χ1) is 21.4. The Balaban J connectivity index is 1.39. The molecule has 0 radical (unpaired) electrons. The molecule has 4 atom stereocenters. The van der Waals surface area contributed by atoms with Crippen LogP contribution in [0.25, 0.3) is 11.2 Å². The summed E-state index contributed by atoms with van der Waals surface area (Å²) in [5.41, 5.74) is 7.25. The molecular formula is C31H24ClN5O7. The van der Waals surface area contributed by atoms with Gasteiger partial charge in [0.15, 0.2) is 29.9 Å². The van der Waals surface area contributed by atoms with Gasteiger partial charge in [0, 0.05) is 0 Å². The molecule has 0 saturated carbocycles. The van der Waals surface area contributed by atoms with Crippen molar-refractivity contribution in [1.29, 1.82) is 0 Å². The van der Waals surface area contributed by atoms with Gasteiger partial charge in [-0.15, -0.1) is 0 Å². The Kier molecular flexibility index (Phi) is 8.17. The van der Waals surface area contributed by atoms with Crippen LogP contribution in [0.3, 0.4) is 0 Å². The van der Waals surface area contributed by atoms with Crippen molar-refractivity contribution in [1.82, 2.24) is 19.5 Å². The Morgan fingerprint density at radius 2 is 1.30 bits per heavy atom. The molecule has 0 bridgehead atoms. The fraction of sp³-hybridized carbons (Fsp3) is 0.161. The number of nitrogens with zero attached hydrogens (tertiary/aromatic N) is 4. The number of fused-ring (bicyclic) bond motifs is 1. The standard InChI is InChI=1S/C31H24ClN5O7/c32-31-35-25(33)22-26(36-31)37(17-34-22)27-24(44-30(40)20-14-8-3-9-15-20)23(43-29(39)19-12-6-2-7-13-19)21(42-27)16-41-28(38)18-10-4-1-5-11-18/h1-15,17,21,23-24,27H,16H2,(H2,33,35,36)/t21-,23-,24-,27-/m1/s1. The first-order valence-corrected chi connectivity index (χ1v) is 13.8. The van der Waals surface area contributed by atoms with E-state index in [0.29, 0.717) is 5.56 Å². The van der Waals surface area contributed by atoms with Crippen LogP contribution >= 0.6 is 11.6 Å². The van der Waals surface area contributed by atoms with Crippen LogP contribution in [0.5, 0.6) is 0 Å². The predicted molar refractivity (Wildman–Crippen MR) is 157 cm³/mol. The Labute approximate surface area is 255 Å². The first-order valence-electron chi connectivity index (χ1n) is 13.4. The van der Waals surface area contributed by atoms with Crippen LogP contribution in [0.4, 0.5) is 5.82 Å². The lowest BCUT2D eigenvalue weighted by atomic mass is 10.1. The van der Waals surface area contributed by atoms with Gasteiger partial charge in [0.2, 0.25) is 5.28 Å². The molecule has 1 saturated heterocycles. The molecule has 1 aliphatic rings. The van der Waals surface area contributed by atoms with E-state index in [2.05, 4.69) is 15.0 Å². The van der Waals surface area contributed by atoms with Crippen molar-refractivity contribution in [3.05, 3.63) is 119 Å². The third kappa shape index (κ3) is 5.93. The molecule has 0 spiro atoms. The summed E-state index contributed by atoms with van der Waals surface area (Å²) in [6.45, 7) is -0.346. The van der Waals surface area contributed by atoms with E-state index in [0.717, 1.165) is 0 Å². The fourth-order valence-corrected chi connectivity index (χ4v) is 4.95. The van der Waals surface area contributed by atoms with E-state index >= 15 is 0 Å². The monoisotopic (exact) mass is 613 g/mol. The van der Waals surface area contributed by atoms with E-state index < -0.39 is 42.4 Å². The summed E-state index contributed by atoms with van der Waals surface area (Å²) in [6.07, 6.45) is -3.37. The maximum atomic E-state index is 13.4. The van der Waals surface area contributed by atoms with E-state index in [-0.39, 0.29) is 40.0 Å². The summed E-state index contributed by atoms with van der Waals surface area (Å²) >= 11 is 6.10. The number of imidazole rings is 1. The van der Waals surface area contributed by atoms with Gasteiger partial charge in [-0.05, 0) is 48.0 Å². The van der Waals surface area contributed by atoms with Crippen LogP contribution < -0.4 is 5.73 Å². The van der Waals surface area contributed by atoms with Crippen LogP contribution in [0.2, 0.25) is 5.28 Å². The molecule has 0 aliphatic carbocycles. The topological polar surface area (TPSA) is 158 Å². The first kappa shape index (κ1) is 28.8. The quantitative estimate of drug-likeness (QED) is 0.151. The number of ether oxygens (including phenoxy) is 4. The van der Waals surface area contributed by atoms with Crippen molar-refractivity contribution < 1.29 is 33.3 Å². The van der Waals surface area contributed by atoms with Gasteiger partial charge in [-0.3, -0.25) is 4.57 Å². The maximum absolute atomic E-state index is 13.4. The fourth-order valence-electron chi connectivity index (χ4n) is 4.78. The summed E-state index contributed by atoms with van der Waals surface area (Å²) in [5, 5.41) is -0.145. The number of nitrogens with two attached hydrogens (primary N) is 1. The van der Waals surface area contributed by atoms with E-state index in [1.165, 1.54) is 10.9 Å². The van der Waals surface area contributed by atoms with Crippen molar-refractivity contribution >= 4 is 46.5 Å². The third-order valence-corrected chi connectivity index (χ3v) is 7.04. The van der Waals surface area contributed by atoms with Crippen molar-refractivity contribution in [3.8, 4) is 0 Å². The lowest BCUT2D eigenvalue weighted by molar-refractivity contribution is -0.0606. The average molecular weight is 614 g/mol. The zero-order valence-electron chi connectivity index (χ0n) is 22.9. The van der Waals surface area contributed by atoms with Crippen LogP contribution in [0, 0.1) is 0 Å². The Morgan fingerprint density at radius 1 is 0.773 bits per heavy atom. The molecular weight excluding hydrogens is 590 g/mol. The molecule has 2 aromatic heterocycles. The van der Waals surface area contributed by atoms with E-state index in [9.17, 15) is 14.4 Å². The Morgan fingerprint density at radius 3 is 1.86 bits per heavy atom. The van der Waals surface area contributed by atoms with Gasteiger partial charge >= 0.3 is 17.9 Å². The highest BCUT2D eigenvalue weighted by molar-refractivity contribution is 6.28. The second-order valence-electron chi connectivity index (χ2n) is 9.70. The van der Waals surface area contributed by atoms with Gasteiger partial charge in [0.05, 0.1) is 23.0 Å². The van der Waals surface area contributed by atoms with Gasteiger partial charge in [-0.1, -0.05) is 54.6 Å². The third-order valence-electron chi connectivity index (χ3n) is 6.87. The zero-order chi connectivity index (χ0) is 30.6. The van der Waals surface area contributed by atoms with Crippen molar-refractivity contribution in [2.24, 2.45) is 0 Å². The number of anilines is 1. The van der Waals surface area contributed by atoms with Crippen LogP contribution in [0.1, 0.15) is 37.3 Å². The number of carbonyl (C=O) groups excluding carboxylic acids is 3. The second-order valence-corrected chi connectivity index (χ2v) is 10.0. The van der Waals surface area contributed by atoms with Gasteiger partial charge < -0.3 is 24.7 Å². The molecule has 2 N–H and O–H groups in total. The van der Waals surface area contributed by atoms with E-state index in [1.54, 1.807) is 91.0 Å². The number of esters is 3. The molecule has 13 heteroatoms. The molecule has 3 heterocycles. The minimum atomic E-state index is -1.26. The molecule has 222 valence electrons. The molecule has 1 fully saturated rings. The minimum Gasteiger partial charge on any atom is -0.459 e. The number of rotatable bonds is 8. The summed E-state index contributed by atoms with van der Waals surface area (Å²) < 4.78 is 25.3. The van der Waals surface area contributed by atoms with Gasteiger partial charge in [0.25, 0.3) is 0 Å². The summed E-state index contributed by atoms with van der Waals surface area (Å²) in [5.74, 6) is -2.01. The summed E-state index contributed by atoms with van der Waals surface area (Å²) in [6, 6.07) is 24.9. The highest BCUT2D eigenvalue weighted by Crippen LogP contribution is 2.37. The number of hydrogen-bond donors (Lipinski definition) is 1. The number of nitrogen functional groups attached to an aromatic ring is 1. The van der Waals surface area contributed by atoms with Gasteiger partial charge in [0.1, 0.15) is 18.2 Å². The van der Waals surface area contributed by atoms with Gasteiger partial charge in [-0.2, -0.15) is 9.97 Å². The van der Waals surface area contributed by atoms with E-state index in [4.69, 9.17) is 36.3 Å². The van der Waals surface area contributed by atoms with Crippen LogP contribution in [-0.4, -0.2) is 62.3 Å². The highest BCUT2D eigenvalue weighted by Gasteiger charge is 2.52. The molecule has 5 aromatic rings. The lowest BCUT2D eigenvalue weighted by Gasteiger charge is -2.25. The average Bonchev–Trinajstić information content (AvgIpc) is 3.62. The molecule has 0 unspecified atom stereocenters. The maximum Gasteiger partial charge on any atom is 0.338 e. The molecule has 12 nitrogen and oxygen atoms in total. The number of carbonyl (C=O) groups is 3. The SMILES string of the molecule is Nc1nc(Cl)nc2c1ncn2[C@@H]1O[C@H](COC(=O)c2ccccc2)[C@@H](OC(=O)c2ccccc2)[C@H]1OC(=O)c1ccccc1. The van der Waals surface area contributed by atoms with Crippen molar-refractivity contribution in [3.63, 3.8) is 0 Å². The lowest BCUT2D eigenvalue weighted by Crippen LogP contribution is -2.41. The Hall–Kier alpha value is -5.33.